The zero-order chi connectivity index (χ0) is 20.3. The minimum atomic E-state index is -0.607. The summed E-state index contributed by atoms with van der Waals surface area (Å²) in [5, 5.41) is 6.77. The molecule has 0 atom stereocenters. The Kier molecular flexibility index (Phi) is 5.59. The molecule has 0 radical (unpaired) electrons. The van der Waals surface area contributed by atoms with Gasteiger partial charge in [-0.3, -0.25) is 9.59 Å². The largest absolute Gasteiger partial charge is 0.464 e. The molecule has 2 heterocycles. The summed E-state index contributed by atoms with van der Waals surface area (Å²) in [4.78, 5) is 40.5. The quantitative estimate of drug-likeness (QED) is 0.657. The molecule has 10 heteroatoms. The van der Waals surface area contributed by atoms with E-state index < -0.39 is 29.8 Å². The van der Waals surface area contributed by atoms with Gasteiger partial charge in [0.25, 0.3) is 5.56 Å². The van der Waals surface area contributed by atoms with Crippen LogP contribution >= 0.6 is 11.3 Å². The molecule has 0 unspecified atom stereocenters. The number of halogens is 1. The number of benzene rings is 1. The Morgan fingerprint density at radius 2 is 2.00 bits per heavy atom. The monoisotopic (exact) mass is 402 g/mol. The van der Waals surface area contributed by atoms with Gasteiger partial charge in [0.15, 0.2) is 10.8 Å². The number of hydrogen-bond acceptors (Lipinski definition) is 7. The first kappa shape index (κ1) is 19.4. The molecule has 0 aliphatic rings. The molecule has 3 rings (SSSR count). The van der Waals surface area contributed by atoms with Gasteiger partial charge in [0.05, 0.1) is 12.8 Å². The molecule has 1 amide bonds. The minimum absolute atomic E-state index is 0.111. The molecule has 28 heavy (non-hydrogen) atoms. The molecule has 2 aromatic heterocycles. The van der Waals surface area contributed by atoms with Crippen LogP contribution in [0.25, 0.3) is 11.3 Å². The van der Waals surface area contributed by atoms with E-state index in [0.717, 1.165) is 16.0 Å². The average Bonchev–Trinajstić information content (AvgIpc) is 3.03. The van der Waals surface area contributed by atoms with Crippen molar-refractivity contribution in [3.05, 3.63) is 63.1 Å². The summed E-state index contributed by atoms with van der Waals surface area (Å²) in [6.45, 7) is 1.27. The number of nitrogens with zero attached hydrogens (tertiary/aromatic N) is 3. The molecular weight excluding hydrogens is 387 g/mol. The Balaban J connectivity index is 1.79. The highest BCUT2D eigenvalue weighted by molar-refractivity contribution is 7.16. The van der Waals surface area contributed by atoms with Gasteiger partial charge in [0, 0.05) is 16.5 Å². The van der Waals surface area contributed by atoms with Crippen LogP contribution in [0.1, 0.15) is 15.4 Å². The molecule has 1 aromatic carbocycles. The van der Waals surface area contributed by atoms with Gasteiger partial charge < -0.3 is 10.1 Å². The van der Waals surface area contributed by atoms with Crippen molar-refractivity contribution in [1.29, 1.82) is 0 Å². The van der Waals surface area contributed by atoms with E-state index in [9.17, 15) is 18.8 Å². The van der Waals surface area contributed by atoms with Gasteiger partial charge in [-0.15, -0.1) is 11.3 Å². The Morgan fingerprint density at radius 1 is 1.25 bits per heavy atom. The predicted octanol–water partition coefficient (Wildman–Crippen LogP) is 2.24. The topological polar surface area (TPSA) is 103 Å². The van der Waals surface area contributed by atoms with E-state index in [1.54, 1.807) is 19.1 Å². The molecule has 0 aliphatic heterocycles. The van der Waals surface area contributed by atoms with E-state index in [4.69, 9.17) is 0 Å². The number of ether oxygens (including phenoxy) is 1. The number of aromatic nitrogens is 3. The second-order valence-corrected chi connectivity index (χ2v) is 6.86. The molecule has 0 saturated carbocycles. The number of hydrogen-bond donors (Lipinski definition) is 1. The first-order valence-electron chi connectivity index (χ1n) is 8.07. The number of carbonyl (C=O) groups is 2. The standard InChI is InChI=1S/C18H15FN4O4S/c1-10-16(17(26)27-2)21-18(28-10)20-14(24)9-23-15(25)8-7-13(22-23)11-5-3-4-6-12(11)19/h3-8H,9H2,1-2H3,(H,20,21,24). The molecule has 0 spiro atoms. The number of carbonyl (C=O) groups excluding carboxylic acids is 2. The van der Waals surface area contributed by atoms with Gasteiger partial charge in [0.1, 0.15) is 12.4 Å². The third-order valence-corrected chi connectivity index (χ3v) is 4.62. The van der Waals surface area contributed by atoms with Crippen molar-refractivity contribution < 1.29 is 18.7 Å². The van der Waals surface area contributed by atoms with Crippen molar-refractivity contribution in [3.8, 4) is 11.3 Å². The van der Waals surface area contributed by atoms with Crippen LogP contribution in [0.4, 0.5) is 9.52 Å². The van der Waals surface area contributed by atoms with Crippen LogP contribution in [-0.4, -0.2) is 33.8 Å². The summed E-state index contributed by atoms with van der Waals surface area (Å²) in [6, 6.07) is 8.60. The number of methoxy groups -OCH3 is 1. The third kappa shape index (κ3) is 4.12. The van der Waals surface area contributed by atoms with Crippen LogP contribution in [0.5, 0.6) is 0 Å². The number of aryl methyl sites for hydroxylation is 1. The van der Waals surface area contributed by atoms with Crippen LogP contribution < -0.4 is 10.9 Å². The fraction of sp³-hybridized carbons (Fsp3) is 0.167. The molecule has 144 valence electrons. The van der Waals surface area contributed by atoms with Crippen molar-refractivity contribution in [1.82, 2.24) is 14.8 Å². The highest BCUT2D eigenvalue weighted by Gasteiger charge is 2.17. The van der Waals surface area contributed by atoms with Crippen LogP contribution in [0, 0.1) is 12.7 Å². The summed E-state index contributed by atoms with van der Waals surface area (Å²) in [6.07, 6.45) is 0. The lowest BCUT2D eigenvalue weighted by Crippen LogP contribution is -2.29. The average molecular weight is 402 g/mol. The molecule has 0 saturated heterocycles. The number of anilines is 1. The number of amides is 1. The van der Waals surface area contributed by atoms with Gasteiger partial charge in [0.2, 0.25) is 5.91 Å². The maximum Gasteiger partial charge on any atom is 0.357 e. The summed E-state index contributed by atoms with van der Waals surface area (Å²) in [5.74, 6) is -1.66. The summed E-state index contributed by atoms with van der Waals surface area (Å²) >= 11 is 1.10. The number of rotatable bonds is 5. The van der Waals surface area contributed by atoms with E-state index in [1.807, 2.05) is 0 Å². The van der Waals surface area contributed by atoms with Gasteiger partial charge in [-0.2, -0.15) is 5.10 Å². The molecular formula is C18H15FN4O4S. The number of nitrogens with one attached hydrogen (secondary N) is 1. The zero-order valence-corrected chi connectivity index (χ0v) is 15.7. The highest BCUT2D eigenvalue weighted by Crippen LogP contribution is 2.22. The molecule has 0 fully saturated rings. The van der Waals surface area contributed by atoms with Gasteiger partial charge >= 0.3 is 5.97 Å². The van der Waals surface area contributed by atoms with Crippen LogP contribution in [0.2, 0.25) is 0 Å². The van der Waals surface area contributed by atoms with E-state index >= 15 is 0 Å². The van der Waals surface area contributed by atoms with Gasteiger partial charge in [-0.05, 0) is 25.1 Å². The minimum Gasteiger partial charge on any atom is -0.464 e. The number of esters is 1. The van der Waals surface area contributed by atoms with E-state index in [1.165, 1.54) is 31.4 Å². The summed E-state index contributed by atoms with van der Waals surface area (Å²) in [5.41, 5.74) is 0.0407. The van der Waals surface area contributed by atoms with E-state index in [-0.39, 0.29) is 22.1 Å². The lowest BCUT2D eigenvalue weighted by atomic mass is 10.1. The third-order valence-electron chi connectivity index (χ3n) is 3.73. The van der Waals surface area contributed by atoms with Crippen molar-refractivity contribution in [2.45, 2.75) is 13.5 Å². The highest BCUT2D eigenvalue weighted by atomic mass is 32.1. The predicted molar refractivity (Wildman–Crippen MR) is 101 cm³/mol. The van der Waals surface area contributed by atoms with Crippen LogP contribution in [-0.2, 0) is 16.1 Å². The van der Waals surface area contributed by atoms with Crippen molar-refractivity contribution in [2.24, 2.45) is 0 Å². The second-order valence-electron chi connectivity index (χ2n) is 5.66. The van der Waals surface area contributed by atoms with Crippen molar-refractivity contribution in [3.63, 3.8) is 0 Å². The molecule has 0 aliphatic carbocycles. The first-order valence-corrected chi connectivity index (χ1v) is 8.89. The van der Waals surface area contributed by atoms with Gasteiger partial charge in [-0.1, -0.05) is 12.1 Å². The lowest BCUT2D eigenvalue weighted by molar-refractivity contribution is -0.117. The Bertz CT molecular complexity index is 1110. The fourth-order valence-corrected chi connectivity index (χ4v) is 3.22. The summed E-state index contributed by atoms with van der Waals surface area (Å²) < 4.78 is 19.5. The SMILES string of the molecule is COC(=O)c1nc(NC(=O)Cn2nc(-c3ccccc3F)ccc2=O)sc1C. The number of thiazole rings is 1. The first-order chi connectivity index (χ1) is 13.4. The molecule has 0 bridgehead atoms. The fourth-order valence-electron chi connectivity index (χ4n) is 2.41. The van der Waals surface area contributed by atoms with Crippen molar-refractivity contribution >= 4 is 28.3 Å². The molecule has 8 nitrogen and oxygen atoms in total. The van der Waals surface area contributed by atoms with E-state index in [0.29, 0.717) is 4.88 Å². The van der Waals surface area contributed by atoms with E-state index in [2.05, 4.69) is 20.1 Å². The lowest BCUT2D eigenvalue weighted by Gasteiger charge is -2.07. The van der Waals surface area contributed by atoms with Crippen LogP contribution in [0.3, 0.4) is 0 Å². The Hall–Kier alpha value is -3.40. The summed E-state index contributed by atoms with van der Waals surface area (Å²) in [7, 11) is 1.24. The Morgan fingerprint density at radius 3 is 2.71 bits per heavy atom. The second kappa shape index (κ2) is 8.09. The maximum absolute atomic E-state index is 13.9. The molecule has 3 aromatic rings. The maximum atomic E-state index is 13.9. The molecule has 1 N–H and O–H groups in total. The van der Waals surface area contributed by atoms with Gasteiger partial charge in [-0.25, -0.2) is 18.9 Å². The van der Waals surface area contributed by atoms with Crippen LogP contribution in [0.15, 0.2) is 41.2 Å². The Labute approximate surface area is 162 Å². The smallest absolute Gasteiger partial charge is 0.357 e. The normalized spacial score (nSPS) is 10.5. The van der Waals surface area contributed by atoms with Crippen molar-refractivity contribution in [2.75, 3.05) is 12.4 Å². The zero-order valence-electron chi connectivity index (χ0n) is 14.9.